The molecule has 2 rings (SSSR count). The van der Waals surface area contributed by atoms with E-state index in [0.717, 1.165) is 4.57 Å². The van der Waals surface area contributed by atoms with Crippen molar-refractivity contribution in [1.82, 2.24) is 14.1 Å². The van der Waals surface area contributed by atoms with Gasteiger partial charge in [-0.15, -0.1) is 0 Å². The third-order valence-corrected chi connectivity index (χ3v) is 2.81. The fourth-order valence-corrected chi connectivity index (χ4v) is 1.80. The Morgan fingerprint density at radius 1 is 1.30 bits per heavy atom. The number of primary amides is 1. The number of rotatable bonds is 3. The summed E-state index contributed by atoms with van der Waals surface area (Å²) in [5, 5.41) is 0. The summed E-state index contributed by atoms with van der Waals surface area (Å²) in [7, 11) is 0. The highest BCUT2D eigenvalue weighted by Gasteiger charge is 2.18. The molecule has 7 nitrogen and oxygen atoms in total. The number of nitrogens with zero attached hydrogens (tertiary/aromatic N) is 3. The van der Waals surface area contributed by atoms with Crippen LogP contribution in [0, 0.1) is 0 Å². The highest BCUT2D eigenvalue weighted by molar-refractivity contribution is 5.92. The predicted octanol–water partition coefficient (Wildman–Crippen LogP) is 0.0740. The zero-order valence-corrected chi connectivity index (χ0v) is 11.1. The minimum atomic E-state index is -0.880. The molecule has 0 saturated carbocycles. The second kappa shape index (κ2) is 5.12. The smallest absolute Gasteiger partial charge is 0.337 e. The Kier molecular flexibility index (Phi) is 3.51. The maximum Gasteiger partial charge on any atom is 0.337 e. The molecule has 0 radical (unpaired) electrons. The maximum absolute atomic E-state index is 12.3. The lowest BCUT2D eigenvalue weighted by Gasteiger charge is -2.13. The van der Waals surface area contributed by atoms with Gasteiger partial charge in [-0.05, 0) is 26.0 Å². The van der Waals surface area contributed by atoms with Crippen LogP contribution >= 0.6 is 0 Å². The lowest BCUT2D eigenvalue weighted by molar-refractivity contribution is 0.0997. The van der Waals surface area contributed by atoms with Gasteiger partial charge in [-0.3, -0.25) is 14.2 Å². The Morgan fingerprint density at radius 2 is 2.00 bits per heavy atom. The van der Waals surface area contributed by atoms with Crippen LogP contribution in [0.4, 0.5) is 0 Å². The highest BCUT2D eigenvalue weighted by Crippen LogP contribution is 2.03. The molecule has 2 N–H and O–H groups in total. The average molecular weight is 274 g/mol. The normalized spacial score (nSPS) is 10.8. The maximum atomic E-state index is 12.3. The zero-order chi connectivity index (χ0) is 14.9. The number of hydrogen-bond acceptors (Lipinski definition) is 4. The van der Waals surface area contributed by atoms with Gasteiger partial charge in [-0.25, -0.2) is 14.3 Å². The number of carbonyl (C=O) groups is 1. The summed E-state index contributed by atoms with van der Waals surface area (Å²) in [5.41, 5.74) is 3.62. The van der Waals surface area contributed by atoms with Crippen molar-refractivity contribution in [2.24, 2.45) is 5.73 Å². The molecule has 0 spiro atoms. The van der Waals surface area contributed by atoms with Gasteiger partial charge in [0.1, 0.15) is 11.4 Å². The van der Waals surface area contributed by atoms with Gasteiger partial charge in [-0.1, -0.05) is 6.07 Å². The Hall–Kier alpha value is -2.70. The summed E-state index contributed by atoms with van der Waals surface area (Å²) >= 11 is 0. The Bertz CT molecular complexity index is 759. The minimum absolute atomic E-state index is 0.153. The molecule has 2 aromatic heterocycles. The highest BCUT2D eigenvalue weighted by atomic mass is 16.2. The van der Waals surface area contributed by atoms with Crippen LogP contribution in [0.15, 0.2) is 40.2 Å². The second-order valence-electron chi connectivity index (χ2n) is 4.52. The van der Waals surface area contributed by atoms with Crippen LogP contribution in [0.1, 0.15) is 30.2 Å². The number of amides is 1. The van der Waals surface area contributed by atoms with Crippen LogP contribution in [0.3, 0.4) is 0 Å². The molecule has 7 heteroatoms. The summed E-state index contributed by atoms with van der Waals surface area (Å²) in [6, 6.07) is 4.59. The summed E-state index contributed by atoms with van der Waals surface area (Å²) < 4.78 is 2.12. The van der Waals surface area contributed by atoms with Crippen molar-refractivity contribution < 1.29 is 4.79 Å². The first-order valence-electron chi connectivity index (χ1n) is 6.03. The van der Waals surface area contributed by atoms with Gasteiger partial charge in [0, 0.05) is 18.4 Å². The number of hydrogen-bond donors (Lipinski definition) is 1. The molecule has 2 heterocycles. The van der Waals surface area contributed by atoms with Gasteiger partial charge in [-0.2, -0.15) is 0 Å². The molecule has 0 aliphatic heterocycles. The van der Waals surface area contributed by atoms with E-state index >= 15 is 0 Å². The lowest BCUT2D eigenvalue weighted by atomic mass is 10.3. The summed E-state index contributed by atoms with van der Waals surface area (Å²) in [6.45, 7) is 3.53. The molecule has 2 aromatic rings. The molecular weight excluding hydrogens is 260 g/mol. The van der Waals surface area contributed by atoms with Crippen molar-refractivity contribution in [2.75, 3.05) is 0 Å². The minimum Gasteiger partial charge on any atom is -0.365 e. The largest absolute Gasteiger partial charge is 0.365 e. The zero-order valence-electron chi connectivity index (χ0n) is 11.1. The van der Waals surface area contributed by atoms with E-state index in [9.17, 15) is 14.4 Å². The van der Waals surface area contributed by atoms with Crippen LogP contribution in [-0.4, -0.2) is 20.0 Å². The third kappa shape index (κ3) is 2.25. The number of aromatic nitrogens is 3. The first kappa shape index (κ1) is 13.7. The fourth-order valence-electron chi connectivity index (χ4n) is 1.80. The van der Waals surface area contributed by atoms with E-state index in [1.54, 1.807) is 26.0 Å². The van der Waals surface area contributed by atoms with Crippen molar-refractivity contribution in [3.63, 3.8) is 0 Å². The average Bonchev–Trinajstić information content (AvgIpc) is 2.39. The standard InChI is InChI=1S/C13H14N4O3/c1-8(2)16-7-9(11(14)18)12(19)17(13(16)20)10-5-3-4-6-15-10/h3-8H,1-2H3,(H2,14,18). The molecule has 0 aromatic carbocycles. The third-order valence-electron chi connectivity index (χ3n) is 2.81. The topological polar surface area (TPSA) is 100.0 Å². The van der Waals surface area contributed by atoms with Crippen molar-refractivity contribution in [3.8, 4) is 5.82 Å². The lowest BCUT2D eigenvalue weighted by Crippen LogP contribution is -2.43. The van der Waals surface area contributed by atoms with Gasteiger partial charge < -0.3 is 5.73 Å². The summed E-state index contributed by atoms with van der Waals surface area (Å²) in [6.07, 6.45) is 2.65. The Morgan fingerprint density at radius 3 is 2.50 bits per heavy atom. The van der Waals surface area contributed by atoms with Gasteiger partial charge in [0.2, 0.25) is 0 Å². The van der Waals surface area contributed by atoms with Crippen LogP contribution in [-0.2, 0) is 0 Å². The van der Waals surface area contributed by atoms with E-state index in [0.29, 0.717) is 0 Å². The van der Waals surface area contributed by atoms with Gasteiger partial charge in [0.15, 0.2) is 0 Å². The number of nitrogens with two attached hydrogens (primary N) is 1. The summed E-state index contributed by atoms with van der Waals surface area (Å²) in [5.74, 6) is -0.728. The monoisotopic (exact) mass is 274 g/mol. The molecule has 0 bridgehead atoms. The molecule has 0 atom stereocenters. The fraction of sp³-hybridized carbons (Fsp3) is 0.231. The van der Waals surface area contributed by atoms with Crippen LogP contribution < -0.4 is 17.0 Å². The van der Waals surface area contributed by atoms with Gasteiger partial charge in [0.05, 0.1) is 0 Å². The van der Waals surface area contributed by atoms with Crippen molar-refractivity contribution >= 4 is 5.91 Å². The molecule has 1 amide bonds. The van der Waals surface area contributed by atoms with E-state index in [1.165, 1.54) is 23.0 Å². The Balaban J connectivity index is 2.90. The van der Waals surface area contributed by atoms with Gasteiger partial charge >= 0.3 is 5.69 Å². The number of carbonyl (C=O) groups excluding carboxylic acids is 1. The summed E-state index contributed by atoms with van der Waals surface area (Å²) in [4.78, 5) is 39.9. The molecule has 0 fully saturated rings. The van der Waals surface area contributed by atoms with Crippen LogP contribution in [0.25, 0.3) is 5.82 Å². The quantitative estimate of drug-likeness (QED) is 0.856. The molecule has 0 aliphatic rings. The molecular formula is C13H14N4O3. The van der Waals surface area contributed by atoms with E-state index in [-0.39, 0.29) is 17.4 Å². The molecule has 0 saturated heterocycles. The van der Waals surface area contributed by atoms with Crippen LogP contribution in [0.2, 0.25) is 0 Å². The Labute approximate surface area is 114 Å². The van der Waals surface area contributed by atoms with Crippen molar-refractivity contribution in [2.45, 2.75) is 19.9 Å². The SMILES string of the molecule is CC(C)n1cc(C(N)=O)c(=O)n(-c2ccccn2)c1=O. The van der Waals surface area contributed by atoms with E-state index < -0.39 is 17.2 Å². The van der Waals surface area contributed by atoms with E-state index in [4.69, 9.17) is 5.73 Å². The second-order valence-corrected chi connectivity index (χ2v) is 4.52. The molecule has 0 aliphatic carbocycles. The van der Waals surface area contributed by atoms with E-state index in [1.807, 2.05) is 0 Å². The van der Waals surface area contributed by atoms with Gasteiger partial charge in [0.25, 0.3) is 11.5 Å². The van der Waals surface area contributed by atoms with E-state index in [2.05, 4.69) is 4.98 Å². The first-order chi connectivity index (χ1) is 9.43. The number of pyridine rings is 1. The predicted molar refractivity (Wildman–Crippen MR) is 73.0 cm³/mol. The van der Waals surface area contributed by atoms with Crippen molar-refractivity contribution in [1.29, 1.82) is 0 Å². The van der Waals surface area contributed by atoms with Crippen molar-refractivity contribution in [3.05, 3.63) is 57.0 Å². The van der Waals surface area contributed by atoms with Crippen LogP contribution in [0.5, 0.6) is 0 Å². The first-order valence-corrected chi connectivity index (χ1v) is 6.03. The molecule has 104 valence electrons. The molecule has 20 heavy (non-hydrogen) atoms. The molecule has 0 unspecified atom stereocenters.